The maximum Gasteiger partial charge on any atom is 0.312 e. The molecule has 1 aromatic carbocycles. The number of halogens is 1. The van der Waals surface area contributed by atoms with Gasteiger partial charge in [0.25, 0.3) is 0 Å². The number of carboxylic acid groups (broad SMARTS) is 1. The number of aliphatic carboxylic acids is 1. The van der Waals surface area contributed by atoms with Crippen LogP contribution in [-0.2, 0) is 11.3 Å². The number of fused-ring (bicyclic) bond motifs is 1. The van der Waals surface area contributed by atoms with Crippen LogP contribution in [0.2, 0.25) is 0 Å². The first-order valence-electron chi connectivity index (χ1n) is 4.78. The summed E-state index contributed by atoms with van der Waals surface area (Å²) in [7, 11) is 1.94. The van der Waals surface area contributed by atoms with E-state index in [1.807, 2.05) is 30.1 Å². The molecule has 0 saturated carbocycles. The van der Waals surface area contributed by atoms with Gasteiger partial charge in [0.1, 0.15) is 0 Å². The van der Waals surface area contributed by atoms with E-state index < -0.39 is 11.9 Å². The van der Waals surface area contributed by atoms with Crippen molar-refractivity contribution in [2.75, 3.05) is 13.6 Å². The molecule has 0 fully saturated rings. The molecule has 1 heterocycles. The van der Waals surface area contributed by atoms with Gasteiger partial charge in [0.05, 0.1) is 5.92 Å². The molecule has 0 bridgehead atoms. The molecule has 1 aromatic rings. The third-order valence-electron chi connectivity index (χ3n) is 2.75. The SMILES string of the molecule is CN1Cc2c(Br)cccc2C(C(=O)O)C1. The second-order valence-electron chi connectivity index (χ2n) is 3.90. The fourth-order valence-corrected chi connectivity index (χ4v) is 2.53. The third kappa shape index (κ3) is 1.92. The summed E-state index contributed by atoms with van der Waals surface area (Å²) < 4.78 is 0.998. The number of benzene rings is 1. The molecule has 0 amide bonds. The molecule has 1 aliphatic heterocycles. The minimum atomic E-state index is -0.749. The van der Waals surface area contributed by atoms with Gasteiger partial charge in [0.2, 0.25) is 0 Å². The zero-order chi connectivity index (χ0) is 11.0. The number of hydrogen-bond acceptors (Lipinski definition) is 2. The molecule has 0 radical (unpaired) electrons. The minimum absolute atomic E-state index is 0.406. The Bertz CT molecular complexity index is 406. The van der Waals surface area contributed by atoms with E-state index in [0.29, 0.717) is 6.54 Å². The third-order valence-corrected chi connectivity index (χ3v) is 3.49. The molecule has 0 aromatic heterocycles. The van der Waals surface area contributed by atoms with Crippen molar-refractivity contribution >= 4 is 21.9 Å². The lowest BCUT2D eigenvalue weighted by Gasteiger charge is -2.30. The van der Waals surface area contributed by atoms with E-state index in [1.165, 1.54) is 0 Å². The largest absolute Gasteiger partial charge is 0.481 e. The summed E-state index contributed by atoms with van der Waals surface area (Å²) in [5.41, 5.74) is 2.04. The van der Waals surface area contributed by atoms with Gasteiger partial charge in [-0.1, -0.05) is 28.1 Å². The van der Waals surface area contributed by atoms with Crippen LogP contribution >= 0.6 is 15.9 Å². The average molecular weight is 270 g/mol. The first-order valence-corrected chi connectivity index (χ1v) is 5.57. The van der Waals surface area contributed by atoms with E-state index in [0.717, 1.165) is 22.1 Å². The molecular weight excluding hydrogens is 258 g/mol. The average Bonchev–Trinajstić information content (AvgIpc) is 2.18. The molecule has 1 unspecified atom stereocenters. The van der Waals surface area contributed by atoms with Gasteiger partial charge in [0.15, 0.2) is 0 Å². The van der Waals surface area contributed by atoms with E-state index in [4.69, 9.17) is 5.11 Å². The minimum Gasteiger partial charge on any atom is -0.481 e. The quantitative estimate of drug-likeness (QED) is 0.849. The Balaban J connectivity index is 2.51. The summed E-state index contributed by atoms with van der Waals surface area (Å²) in [5.74, 6) is -1.16. The lowest BCUT2D eigenvalue weighted by atomic mass is 9.90. The summed E-state index contributed by atoms with van der Waals surface area (Å²) in [6.45, 7) is 1.39. The summed E-state index contributed by atoms with van der Waals surface area (Å²) in [5, 5.41) is 9.15. The summed E-state index contributed by atoms with van der Waals surface area (Å²) >= 11 is 3.47. The van der Waals surface area contributed by atoms with Gasteiger partial charge in [-0.05, 0) is 24.2 Å². The van der Waals surface area contributed by atoms with Gasteiger partial charge in [-0.25, -0.2) is 0 Å². The predicted molar refractivity (Wildman–Crippen MR) is 60.9 cm³/mol. The van der Waals surface area contributed by atoms with Crippen LogP contribution in [0, 0.1) is 0 Å². The van der Waals surface area contributed by atoms with Crippen molar-refractivity contribution in [3.63, 3.8) is 0 Å². The molecule has 80 valence electrons. The molecule has 0 saturated heterocycles. The second-order valence-corrected chi connectivity index (χ2v) is 4.75. The van der Waals surface area contributed by atoms with Gasteiger partial charge in [0, 0.05) is 17.6 Å². The number of nitrogens with zero attached hydrogens (tertiary/aromatic N) is 1. The number of hydrogen-bond donors (Lipinski definition) is 1. The first kappa shape index (κ1) is 10.6. The molecule has 2 rings (SSSR count). The van der Waals surface area contributed by atoms with Crippen molar-refractivity contribution in [2.45, 2.75) is 12.5 Å². The van der Waals surface area contributed by atoms with E-state index in [-0.39, 0.29) is 0 Å². The van der Waals surface area contributed by atoms with Crippen LogP contribution in [-0.4, -0.2) is 29.6 Å². The lowest BCUT2D eigenvalue weighted by molar-refractivity contribution is -0.139. The van der Waals surface area contributed by atoms with Crippen LogP contribution in [0.15, 0.2) is 22.7 Å². The van der Waals surface area contributed by atoms with E-state index in [1.54, 1.807) is 0 Å². The zero-order valence-electron chi connectivity index (χ0n) is 8.40. The number of rotatable bonds is 1. The van der Waals surface area contributed by atoms with Gasteiger partial charge >= 0.3 is 5.97 Å². The summed E-state index contributed by atoms with van der Waals surface area (Å²) in [6.07, 6.45) is 0. The van der Waals surface area contributed by atoms with Crippen LogP contribution in [0.3, 0.4) is 0 Å². The van der Waals surface area contributed by atoms with E-state index in [9.17, 15) is 4.79 Å². The Morgan fingerprint density at radius 3 is 3.00 bits per heavy atom. The standard InChI is InChI=1S/C11H12BrNO2/c1-13-5-8-7(3-2-4-10(8)12)9(6-13)11(14)15/h2-4,9H,5-6H2,1H3,(H,14,15). The fraction of sp³-hybridized carbons (Fsp3) is 0.364. The second kappa shape index (κ2) is 3.94. The van der Waals surface area contributed by atoms with Gasteiger partial charge in [-0.15, -0.1) is 0 Å². The molecule has 0 spiro atoms. The smallest absolute Gasteiger partial charge is 0.312 e. The highest BCUT2D eigenvalue weighted by Crippen LogP contribution is 2.32. The Morgan fingerprint density at radius 2 is 2.33 bits per heavy atom. The normalized spacial score (nSPS) is 21.1. The molecule has 1 atom stereocenters. The van der Waals surface area contributed by atoms with Crippen molar-refractivity contribution in [2.24, 2.45) is 0 Å². The highest BCUT2D eigenvalue weighted by molar-refractivity contribution is 9.10. The molecule has 0 aliphatic carbocycles. The maximum absolute atomic E-state index is 11.1. The molecule has 4 heteroatoms. The molecule has 1 N–H and O–H groups in total. The highest BCUT2D eigenvalue weighted by Gasteiger charge is 2.29. The lowest BCUT2D eigenvalue weighted by Crippen LogP contribution is -2.34. The first-order chi connectivity index (χ1) is 7.09. The molecule has 3 nitrogen and oxygen atoms in total. The van der Waals surface area contributed by atoms with Crippen LogP contribution < -0.4 is 0 Å². The monoisotopic (exact) mass is 269 g/mol. The van der Waals surface area contributed by atoms with Gasteiger partial charge in [-0.2, -0.15) is 0 Å². The van der Waals surface area contributed by atoms with Gasteiger partial charge in [-0.3, -0.25) is 4.79 Å². The molecule has 15 heavy (non-hydrogen) atoms. The van der Waals surface area contributed by atoms with E-state index in [2.05, 4.69) is 15.9 Å². The Labute approximate surface area is 96.8 Å². The Kier molecular flexibility index (Phi) is 2.80. The Morgan fingerprint density at radius 1 is 1.60 bits per heavy atom. The summed E-state index contributed by atoms with van der Waals surface area (Å²) in [6, 6.07) is 5.76. The predicted octanol–water partition coefficient (Wildman–Crippen LogP) is 2.06. The van der Waals surface area contributed by atoms with Crippen molar-refractivity contribution < 1.29 is 9.90 Å². The number of carbonyl (C=O) groups is 1. The fourth-order valence-electron chi connectivity index (χ4n) is 2.02. The Hall–Kier alpha value is -0.870. The number of carboxylic acids is 1. The topological polar surface area (TPSA) is 40.5 Å². The summed E-state index contributed by atoms with van der Waals surface area (Å²) in [4.78, 5) is 13.2. The van der Waals surface area contributed by atoms with Crippen molar-refractivity contribution in [3.8, 4) is 0 Å². The van der Waals surface area contributed by atoms with E-state index >= 15 is 0 Å². The van der Waals surface area contributed by atoms with Crippen LogP contribution in [0.1, 0.15) is 17.0 Å². The van der Waals surface area contributed by atoms with Crippen molar-refractivity contribution in [1.29, 1.82) is 0 Å². The molecular formula is C11H12BrNO2. The van der Waals surface area contributed by atoms with Crippen LogP contribution in [0.4, 0.5) is 0 Å². The van der Waals surface area contributed by atoms with Gasteiger partial charge < -0.3 is 10.0 Å². The van der Waals surface area contributed by atoms with Crippen LogP contribution in [0.5, 0.6) is 0 Å². The molecule has 1 aliphatic rings. The maximum atomic E-state index is 11.1. The number of likely N-dealkylation sites (N-methyl/N-ethyl adjacent to an activating group) is 1. The zero-order valence-corrected chi connectivity index (χ0v) is 9.99. The van der Waals surface area contributed by atoms with Crippen molar-refractivity contribution in [3.05, 3.63) is 33.8 Å². The highest BCUT2D eigenvalue weighted by atomic mass is 79.9. The van der Waals surface area contributed by atoms with Crippen LogP contribution in [0.25, 0.3) is 0 Å². The van der Waals surface area contributed by atoms with Crippen molar-refractivity contribution in [1.82, 2.24) is 4.90 Å².